The zero-order chi connectivity index (χ0) is 17.2. The first-order valence-corrected chi connectivity index (χ1v) is 8.07. The fourth-order valence-corrected chi connectivity index (χ4v) is 2.64. The van der Waals surface area contributed by atoms with Crippen LogP contribution >= 0.6 is 0 Å². The highest BCUT2D eigenvalue weighted by Crippen LogP contribution is 2.31. The van der Waals surface area contributed by atoms with Crippen LogP contribution in [0, 0.1) is 6.92 Å². The van der Waals surface area contributed by atoms with Crippen molar-refractivity contribution in [2.45, 2.75) is 20.3 Å². The van der Waals surface area contributed by atoms with Crippen molar-refractivity contribution < 1.29 is 9.05 Å². The van der Waals surface area contributed by atoms with Gasteiger partial charge in [-0.1, -0.05) is 53.1 Å². The number of aromatic nitrogens is 4. The van der Waals surface area contributed by atoms with Crippen LogP contribution in [0.25, 0.3) is 34.4 Å². The summed E-state index contributed by atoms with van der Waals surface area (Å²) >= 11 is 0. The summed E-state index contributed by atoms with van der Waals surface area (Å²) < 4.78 is 10.9. The molecule has 0 aliphatic carbocycles. The van der Waals surface area contributed by atoms with Crippen LogP contribution in [0.15, 0.2) is 57.7 Å². The van der Waals surface area contributed by atoms with Gasteiger partial charge in [-0.15, -0.1) is 0 Å². The van der Waals surface area contributed by atoms with Gasteiger partial charge >= 0.3 is 0 Å². The van der Waals surface area contributed by atoms with Gasteiger partial charge in [-0.3, -0.25) is 4.98 Å². The minimum absolute atomic E-state index is 0.321. The lowest BCUT2D eigenvalue weighted by Gasteiger charge is -1.98. The normalized spacial score (nSPS) is 11.0. The van der Waals surface area contributed by atoms with Crippen LogP contribution in [0.5, 0.6) is 0 Å². The summed E-state index contributed by atoms with van der Waals surface area (Å²) in [4.78, 5) is 8.80. The predicted molar refractivity (Wildman–Crippen MR) is 92.6 cm³/mol. The van der Waals surface area contributed by atoms with Crippen LogP contribution in [0.2, 0.25) is 0 Å². The molecule has 0 saturated carbocycles. The number of pyridine rings is 1. The van der Waals surface area contributed by atoms with E-state index in [9.17, 15) is 0 Å². The van der Waals surface area contributed by atoms with Crippen molar-refractivity contribution >= 4 is 0 Å². The van der Waals surface area contributed by atoms with Crippen LogP contribution in [-0.2, 0) is 6.42 Å². The molecule has 0 atom stereocenters. The molecule has 0 radical (unpaired) electrons. The first-order chi connectivity index (χ1) is 12.3. The average Bonchev–Trinajstić information content (AvgIpc) is 3.29. The summed E-state index contributed by atoms with van der Waals surface area (Å²) in [5.41, 5.74) is 4.43. The van der Waals surface area contributed by atoms with Gasteiger partial charge in [-0.05, 0) is 25.5 Å². The number of nitrogens with zero attached hydrogens (tertiary/aromatic N) is 4. The second kappa shape index (κ2) is 6.32. The number of hydrogen-bond donors (Lipinski definition) is 0. The van der Waals surface area contributed by atoms with Gasteiger partial charge in [0.1, 0.15) is 5.69 Å². The molecule has 0 saturated heterocycles. The summed E-state index contributed by atoms with van der Waals surface area (Å²) in [6.45, 7) is 4.06. The Balaban J connectivity index is 1.74. The molecular formula is C19H16N4O2. The largest absolute Gasteiger partial charge is 0.350 e. The van der Waals surface area contributed by atoms with Gasteiger partial charge in [0, 0.05) is 17.3 Å². The third-order valence-electron chi connectivity index (χ3n) is 3.98. The number of hydrogen-bond acceptors (Lipinski definition) is 6. The standard InChI is InChI=1S/C19H16N4O2/c1-3-14-16(15-6-4-5-11-20-15)22-24-17(14)19-21-18(23-25-19)13-9-7-12(2)8-10-13/h4-11H,3H2,1-2H3. The summed E-state index contributed by atoms with van der Waals surface area (Å²) in [7, 11) is 0. The van der Waals surface area contributed by atoms with Crippen molar-refractivity contribution in [1.82, 2.24) is 20.3 Å². The Morgan fingerprint density at radius 3 is 2.52 bits per heavy atom. The highest BCUT2D eigenvalue weighted by molar-refractivity contribution is 5.67. The van der Waals surface area contributed by atoms with E-state index in [2.05, 4.69) is 20.3 Å². The van der Waals surface area contributed by atoms with Gasteiger partial charge in [0.2, 0.25) is 11.6 Å². The van der Waals surface area contributed by atoms with Crippen LogP contribution < -0.4 is 0 Å². The van der Waals surface area contributed by atoms with Crippen molar-refractivity contribution in [3.8, 4) is 34.4 Å². The molecule has 0 fully saturated rings. The van der Waals surface area contributed by atoms with E-state index in [0.29, 0.717) is 29.6 Å². The van der Waals surface area contributed by atoms with Gasteiger partial charge in [0.15, 0.2) is 0 Å². The van der Waals surface area contributed by atoms with E-state index in [0.717, 1.165) is 16.8 Å². The van der Waals surface area contributed by atoms with E-state index in [1.165, 1.54) is 5.56 Å². The fourth-order valence-electron chi connectivity index (χ4n) is 2.64. The maximum Gasteiger partial charge on any atom is 0.297 e. The molecule has 4 aromatic rings. The highest BCUT2D eigenvalue weighted by Gasteiger charge is 2.23. The van der Waals surface area contributed by atoms with E-state index in [1.54, 1.807) is 6.20 Å². The second-order valence-corrected chi connectivity index (χ2v) is 5.70. The Hall–Kier alpha value is -3.28. The first kappa shape index (κ1) is 15.3. The topological polar surface area (TPSA) is 77.8 Å². The molecule has 0 unspecified atom stereocenters. The van der Waals surface area contributed by atoms with Crippen molar-refractivity contribution in [3.63, 3.8) is 0 Å². The molecule has 6 nitrogen and oxygen atoms in total. The molecule has 124 valence electrons. The number of rotatable bonds is 4. The van der Waals surface area contributed by atoms with E-state index in [4.69, 9.17) is 9.05 Å². The highest BCUT2D eigenvalue weighted by atomic mass is 16.5. The summed E-state index contributed by atoms with van der Waals surface area (Å²) in [6.07, 6.45) is 2.44. The Kier molecular flexibility index (Phi) is 3.85. The lowest BCUT2D eigenvalue weighted by atomic mass is 10.1. The van der Waals surface area contributed by atoms with Crippen LogP contribution in [0.3, 0.4) is 0 Å². The lowest BCUT2D eigenvalue weighted by molar-refractivity contribution is 0.385. The summed E-state index contributed by atoms with van der Waals surface area (Å²) in [6, 6.07) is 13.6. The third-order valence-corrected chi connectivity index (χ3v) is 3.98. The van der Waals surface area contributed by atoms with Gasteiger partial charge < -0.3 is 9.05 Å². The maximum absolute atomic E-state index is 5.51. The molecule has 0 spiro atoms. The SMILES string of the molecule is CCc1c(-c2ccccn2)noc1-c1nc(-c2ccc(C)cc2)no1. The molecule has 3 heterocycles. The van der Waals surface area contributed by atoms with Crippen LogP contribution in [0.4, 0.5) is 0 Å². The summed E-state index contributed by atoms with van der Waals surface area (Å²) in [5.74, 6) is 1.34. The molecular weight excluding hydrogens is 316 g/mol. The summed E-state index contributed by atoms with van der Waals surface area (Å²) in [5, 5.41) is 8.22. The molecule has 0 aliphatic heterocycles. The minimum atomic E-state index is 0.321. The zero-order valence-corrected chi connectivity index (χ0v) is 13.9. The molecule has 3 aromatic heterocycles. The maximum atomic E-state index is 5.51. The van der Waals surface area contributed by atoms with Crippen LogP contribution in [-0.4, -0.2) is 20.3 Å². The molecule has 0 amide bonds. The van der Waals surface area contributed by atoms with Crippen molar-refractivity contribution in [1.29, 1.82) is 0 Å². The van der Waals surface area contributed by atoms with E-state index in [1.807, 2.05) is 56.3 Å². The number of benzene rings is 1. The van der Waals surface area contributed by atoms with Gasteiger partial charge in [0.25, 0.3) is 5.89 Å². The molecule has 25 heavy (non-hydrogen) atoms. The van der Waals surface area contributed by atoms with Gasteiger partial charge in [-0.2, -0.15) is 4.98 Å². The minimum Gasteiger partial charge on any atom is -0.350 e. The van der Waals surface area contributed by atoms with E-state index in [-0.39, 0.29) is 0 Å². The second-order valence-electron chi connectivity index (χ2n) is 5.70. The van der Waals surface area contributed by atoms with Crippen molar-refractivity contribution in [2.24, 2.45) is 0 Å². The molecule has 4 rings (SSSR count). The monoisotopic (exact) mass is 332 g/mol. The fraction of sp³-hybridized carbons (Fsp3) is 0.158. The molecule has 0 N–H and O–H groups in total. The van der Waals surface area contributed by atoms with Gasteiger partial charge in [0.05, 0.1) is 5.69 Å². The third kappa shape index (κ3) is 2.82. The quantitative estimate of drug-likeness (QED) is 0.553. The van der Waals surface area contributed by atoms with E-state index >= 15 is 0 Å². The van der Waals surface area contributed by atoms with Gasteiger partial charge in [-0.25, -0.2) is 0 Å². The smallest absolute Gasteiger partial charge is 0.297 e. The Morgan fingerprint density at radius 1 is 0.960 bits per heavy atom. The van der Waals surface area contributed by atoms with Crippen molar-refractivity contribution in [2.75, 3.05) is 0 Å². The Bertz CT molecular complexity index is 988. The molecule has 1 aromatic carbocycles. The van der Waals surface area contributed by atoms with Crippen LogP contribution in [0.1, 0.15) is 18.1 Å². The molecule has 0 aliphatic rings. The number of aryl methyl sites for hydroxylation is 1. The Morgan fingerprint density at radius 2 is 1.80 bits per heavy atom. The zero-order valence-electron chi connectivity index (χ0n) is 13.9. The molecule has 0 bridgehead atoms. The first-order valence-electron chi connectivity index (χ1n) is 8.07. The lowest BCUT2D eigenvalue weighted by Crippen LogP contribution is -1.89. The predicted octanol–water partition coefficient (Wildman–Crippen LogP) is 4.32. The molecule has 6 heteroatoms. The average molecular weight is 332 g/mol. The Labute approximate surface area is 144 Å². The van der Waals surface area contributed by atoms with Crippen molar-refractivity contribution in [3.05, 3.63) is 59.8 Å². The van der Waals surface area contributed by atoms with E-state index < -0.39 is 0 Å².